The molecule has 1 aromatic heterocycles. The molecule has 39 heavy (non-hydrogen) atoms. The van der Waals surface area contributed by atoms with Crippen molar-refractivity contribution in [1.82, 2.24) is 14.9 Å². The van der Waals surface area contributed by atoms with Crippen LogP contribution in [0.2, 0.25) is 0 Å². The Balaban J connectivity index is 1.49. The van der Waals surface area contributed by atoms with E-state index in [0.29, 0.717) is 23.2 Å². The van der Waals surface area contributed by atoms with Crippen LogP contribution in [0.4, 0.5) is 5.95 Å². The zero-order valence-corrected chi connectivity index (χ0v) is 23.6. The largest absolute Gasteiger partial charge is 0.472 e. The minimum atomic E-state index is -4.07. The summed E-state index contributed by atoms with van der Waals surface area (Å²) in [5, 5.41) is 0. The lowest BCUT2D eigenvalue weighted by Gasteiger charge is -2.45. The molecule has 0 saturated heterocycles. The maximum absolute atomic E-state index is 13.9. The van der Waals surface area contributed by atoms with Crippen molar-refractivity contribution < 1.29 is 17.9 Å². The number of aryl methyl sites for hydroxylation is 2. The number of fused-ring (bicyclic) bond motifs is 4. The van der Waals surface area contributed by atoms with E-state index < -0.39 is 10.0 Å². The van der Waals surface area contributed by atoms with Gasteiger partial charge >= 0.3 is 0 Å². The van der Waals surface area contributed by atoms with Gasteiger partial charge in [-0.25, -0.2) is 18.1 Å². The summed E-state index contributed by atoms with van der Waals surface area (Å²) >= 11 is 0. The number of benzene rings is 2. The molecule has 6 rings (SSSR count). The zero-order valence-electron chi connectivity index (χ0n) is 22.8. The lowest BCUT2D eigenvalue weighted by molar-refractivity contribution is 0.0168. The number of nitrogens with zero attached hydrogens (tertiary/aromatic N) is 3. The summed E-state index contributed by atoms with van der Waals surface area (Å²) in [4.78, 5) is 24.9. The Morgan fingerprint density at radius 1 is 1.03 bits per heavy atom. The van der Waals surface area contributed by atoms with Crippen LogP contribution in [0.5, 0.6) is 5.88 Å². The molecule has 204 valence electrons. The van der Waals surface area contributed by atoms with Gasteiger partial charge in [0.1, 0.15) is 6.10 Å². The molecule has 0 radical (unpaired) electrons. The summed E-state index contributed by atoms with van der Waals surface area (Å²) in [5.74, 6) is 0.0976. The Morgan fingerprint density at radius 2 is 1.72 bits per heavy atom. The van der Waals surface area contributed by atoms with Crippen molar-refractivity contribution in [2.45, 2.75) is 70.4 Å². The number of ether oxygens (including phenoxy) is 1. The molecule has 3 aromatic rings. The molecule has 1 N–H and O–H groups in total. The summed E-state index contributed by atoms with van der Waals surface area (Å²) in [7, 11) is -4.07. The number of carbonyl (C=O) groups is 1. The first-order chi connectivity index (χ1) is 18.5. The standard InChI is InChI=1S/C30H34N4O4S/c1-18(2)25-17-34(22-15-30(16-22)11-12-30)28(35)21-9-6-10-23(13-21)39(36,37)33-29-31-24(14-26(32-29)38-25)27-19(3)7-5-8-20(27)4/h5-10,13-14,18,22,25H,11-12,15-17H2,1-4H3,(H,31,32,33). The Morgan fingerprint density at radius 3 is 2.38 bits per heavy atom. The summed E-state index contributed by atoms with van der Waals surface area (Å²) in [5.41, 5.74) is 4.24. The number of carbonyl (C=O) groups excluding carboxylic acids is 1. The van der Waals surface area contributed by atoms with E-state index in [4.69, 9.17) is 4.74 Å². The molecule has 2 aromatic carbocycles. The Labute approximate surface area is 229 Å². The highest BCUT2D eigenvalue weighted by Gasteiger charge is 2.55. The lowest BCUT2D eigenvalue weighted by atomic mass is 9.75. The number of aromatic nitrogens is 2. The van der Waals surface area contributed by atoms with Crippen molar-refractivity contribution in [3.8, 4) is 17.1 Å². The van der Waals surface area contributed by atoms with Crippen molar-refractivity contribution in [3.05, 3.63) is 65.2 Å². The molecule has 1 unspecified atom stereocenters. The predicted octanol–water partition coefficient (Wildman–Crippen LogP) is 5.36. The highest BCUT2D eigenvalue weighted by atomic mass is 32.2. The lowest BCUT2D eigenvalue weighted by Crippen LogP contribution is -2.53. The van der Waals surface area contributed by atoms with Crippen molar-refractivity contribution in [3.63, 3.8) is 0 Å². The van der Waals surface area contributed by atoms with Crippen molar-refractivity contribution >= 4 is 21.9 Å². The van der Waals surface area contributed by atoms with E-state index in [2.05, 4.69) is 28.5 Å². The van der Waals surface area contributed by atoms with Crippen molar-refractivity contribution in [1.29, 1.82) is 0 Å². The first-order valence-corrected chi connectivity index (χ1v) is 15.1. The van der Waals surface area contributed by atoms with E-state index in [1.807, 2.05) is 36.9 Å². The monoisotopic (exact) mass is 546 g/mol. The summed E-state index contributed by atoms with van der Waals surface area (Å²) in [6, 6.07) is 14.1. The Hall–Kier alpha value is -3.46. The molecule has 3 aliphatic rings. The Kier molecular flexibility index (Phi) is 6.17. The fraction of sp³-hybridized carbons (Fsp3) is 0.433. The smallest absolute Gasteiger partial charge is 0.264 e. The average Bonchev–Trinajstić information content (AvgIpc) is 3.66. The third kappa shape index (κ3) is 4.88. The molecule has 2 heterocycles. The summed E-state index contributed by atoms with van der Waals surface area (Å²) < 4.78 is 35.9. The van der Waals surface area contributed by atoms with Gasteiger partial charge in [0, 0.05) is 23.2 Å². The number of hydrogen-bond donors (Lipinski definition) is 1. The minimum Gasteiger partial charge on any atom is -0.472 e. The van der Waals surface area contributed by atoms with Crippen molar-refractivity contribution in [2.75, 3.05) is 11.3 Å². The molecule has 1 aliphatic heterocycles. The first-order valence-electron chi connectivity index (χ1n) is 13.6. The second-order valence-electron chi connectivity index (χ2n) is 11.7. The second kappa shape index (κ2) is 9.33. The maximum atomic E-state index is 13.9. The molecule has 2 aliphatic carbocycles. The summed E-state index contributed by atoms with van der Waals surface area (Å²) in [6.45, 7) is 8.50. The van der Waals surface area contributed by atoms with Gasteiger partial charge in [0.15, 0.2) is 0 Å². The fourth-order valence-electron chi connectivity index (χ4n) is 5.89. The fourth-order valence-corrected chi connectivity index (χ4v) is 6.88. The molecule has 9 heteroatoms. The molecule has 2 fully saturated rings. The number of amides is 1. The van der Waals surface area contributed by atoms with Gasteiger partial charge in [-0.05, 0) is 80.2 Å². The number of sulfonamides is 1. The van der Waals surface area contributed by atoms with Crippen LogP contribution in [0.1, 0.15) is 61.0 Å². The number of anilines is 1. The normalized spacial score (nSPS) is 21.7. The van der Waals surface area contributed by atoms with Crippen LogP contribution in [0, 0.1) is 25.2 Å². The van der Waals surface area contributed by atoms with E-state index in [9.17, 15) is 13.2 Å². The highest BCUT2D eigenvalue weighted by molar-refractivity contribution is 7.92. The SMILES string of the molecule is Cc1cccc(C)c1-c1cc2nc(n1)NS(=O)(=O)c1cccc(c1)C(=O)N(C1CC3(CC3)C1)CC(C(C)C)O2. The van der Waals surface area contributed by atoms with E-state index in [1.54, 1.807) is 18.2 Å². The quantitative estimate of drug-likeness (QED) is 0.474. The van der Waals surface area contributed by atoms with Gasteiger partial charge in [-0.3, -0.25) is 4.79 Å². The van der Waals surface area contributed by atoms with Crippen LogP contribution in [-0.4, -0.2) is 47.9 Å². The van der Waals surface area contributed by atoms with Crippen LogP contribution in [0.25, 0.3) is 11.3 Å². The van der Waals surface area contributed by atoms with Gasteiger partial charge in [0.05, 0.1) is 17.1 Å². The van der Waals surface area contributed by atoms with Gasteiger partial charge in [-0.2, -0.15) is 4.98 Å². The molecular formula is C30H34N4O4S. The first kappa shape index (κ1) is 25.8. The van der Waals surface area contributed by atoms with Crippen molar-refractivity contribution in [2.24, 2.45) is 11.3 Å². The van der Waals surface area contributed by atoms with Crippen LogP contribution < -0.4 is 9.46 Å². The topological polar surface area (TPSA) is 101 Å². The Bertz CT molecular complexity index is 1540. The number of hydrogen-bond acceptors (Lipinski definition) is 6. The van der Waals surface area contributed by atoms with E-state index in [1.165, 1.54) is 25.0 Å². The van der Waals surface area contributed by atoms with Gasteiger partial charge < -0.3 is 9.64 Å². The third-order valence-corrected chi connectivity index (χ3v) is 9.77. The van der Waals surface area contributed by atoms with Crippen LogP contribution >= 0.6 is 0 Å². The summed E-state index contributed by atoms with van der Waals surface area (Å²) in [6.07, 6.45) is 4.06. The molecule has 4 bridgehead atoms. The van der Waals surface area contributed by atoms with Crippen LogP contribution in [0.3, 0.4) is 0 Å². The van der Waals surface area contributed by atoms with Gasteiger partial charge in [0.25, 0.3) is 15.9 Å². The van der Waals surface area contributed by atoms with E-state index in [-0.39, 0.29) is 40.7 Å². The third-order valence-electron chi connectivity index (χ3n) is 8.45. The minimum absolute atomic E-state index is 0.0104. The molecule has 8 nitrogen and oxygen atoms in total. The zero-order chi connectivity index (χ0) is 27.5. The van der Waals surface area contributed by atoms with Gasteiger partial charge in [-0.1, -0.05) is 38.1 Å². The molecule has 1 atom stereocenters. The highest BCUT2D eigenvalue weighted by Crippen LogP contribution is 2.62. The van der Waals surface area contributed by atoms with E-state index >= 15 is 0 Å². The van der Waals surface area contributed by atoms with E-state index in [0.717, 1.165) is 29.5 Å². The van der Waals surface area contributed by atoms with Crippen LogP contribution in [-0.2, 0) is 10.0 Å². The van der Waals surface area contributed by atoms with Gasteiger partial charge in [-0.15, -0.1) is 0 Å². The number of rotatable bonds is 3. The molecule has 1 spiro atoms. The maximum Gasteiger partial charge on any atom is 0.264 e. The molecular weight excluding hydrogens is 512 g/mol. The molecule has 1 amide bonds. The van der Waals surface area contributed by atoms with Gasteiger partial charge in [0.2, 0.25) is 11.8 Å². The second-order valence-corrected chi connectivity index (χ2v) is 13.4. The molecule has 2 saturated carbocycles. The average molecular weight is 547 g/mol. The van der Waals surface area contributed by atoms with Crippen LogP contribution in [0.15, 0.2) is 53.4 Å². The number of nitrogens with one attached hydrogen (secondary N) is 1. The predicted molar refractivity (Wildman–Crippen MR) is 149 cm³/mol.